The van der Waals surface area contributed by atoms with E-state index in [1.165, 1.54) is 23.0 Å². The molecule has 0 unspecified atom stereocenters. The number of ether oxygens (including phenoxy) is 1. The van der Waals surface area contributed by atoms with Crippen molar-refractivity contribution < 1.29 is 14.3 Å². The molecular weight excluding hydrogens is 342 g/mol. The molecule has 0 saturated carbocycles. The van der Waals surface area contributed by atoms with Crippen LogP contribution in [0.25, 0.3) is 10.8 Å². The van der Waals surface area contributed by atoms with Crippen molar-refractivity contribution in [1.82, 2.24) is 4.57 Å². The molecule has 0 radical (unpaired) electrons. The number of hydrogen-bond acceptors (Lipinski definition) is 5. The van der Waals surface area contributed by atoms with Gasteiger partial charge in [-0.1, -0.05) is 18.2 Å². The molecule has 0 spiro atoms. The monoisotopic (exact) mass is 357 g/mol. The number of methoxy groups -OCH3 is 1. The molecule has 2 amide bonds. The largest absolute Gasteiger partial charge is 0.465 e. The summed E-state index contributed by atoms with van der Waals surface area (Å²) in [6.45, 7) is 0. The third-order valence-electron chi connectivity index (χ3n) is 3.62. The average Bonchev–Trinajstić information content (AvgIpc) is 3.06. The van der Waals surface area contributed by atoms with Crippen molar-refractivity contribution in [3.63, 3.8) is 0 Å². The molecule has 25 heavy (non-hydrogen) atoms. The van der Waals surface area contributed by atoms with E-state index in [4.69, 9.17) is 0 Å². The highest BCUT2D eigenvalue weighted by Gasteiger charge is 2.16. The van der Waals surface area contributed by atoms with Crippen LogP contribution in [0.4, 0.5) is 16.2 Å². The molecule has 2 N–H and O–H groups in total. The number of nitrogens with zero attached hydrogens (tertiary/aromatic N) is 1. The highest BCUT2D eigenvalue weighted by molar-refractivity contribution is 7.12. The molecular formula is C17H15N3O4S. The van der Waals surface area contributed by atoms with Crippen LogP contribution in [0.5, 0.6) is 0 Å². The van der Waals surface area contributed by atoms with Crippen molar-refractivity contribution in [2.45, 2.75) is 0 Å². The molecule has 2 aromatic heterocycles. The van der Waals surface area contributed by atoms with E-state index in [0.29, 0.717) is 27.0 Å². The lowest BCUT2D eigenvalue weighted by atomic mass is 10.1. The number of nitrogens with one attached hydrogen (secondary N) is 2. The number of amides is 2. The van der Waals surface area contributed by atoms with Gasteiger partial charge >= 0.3 is 12.0 Å². The van der Waals surface area contributed by atoms with Crippen LogP contribution in [-0.2, 0) is 11.8 Å². The van der Waals surface area contributed by atoms with Crippen molar-refractivity contribution in [3.8, 4) is 0 Å². The van der Waals surface area contributed by atoms with E-state index >= 15 is 0 Å². The van der Waals surface area contributed by atoms with Gasteiger partial charge in [0, 0.05) is 24.0 Å². The standard InChI is InChI=1S/C17H15N3O4S/c1-20-9-13(10-5-3-4-6-11(10)15(20)21)19-17(23)18-12-7-8-25-14(12)16(22)24-2/h3-9H,1-2H3,(H2,18,19,23). The average molecular weight is 357 g/mol. The van der Waals surface area contributed by atoms with Crippen LogP contribution < -0.4 is 16.2 Å². The number of thiophene rings is 1. The number of rotatable bonds is 3. The number of carbonyl (C=O) groups excluding carboxylic acids is 2. The van der Waals surface area contributed by atoms with Gasteiger partial charge in [-0.15, -0.1) is 11.3 Å². The lowest BCUT2D eigenvalue weighted by Gasteiger charge is -2.11. The van der Waals surface area contributed by atoms with Crippen molar-refractivity contribution in [2.75, 3.05) is 17.7 Å². The Balaban J connectivity index is 1.89. The van der Waals surface area contributed by atoms with Gasteiger partial charge in [0.1, 0.15) is 4.88 Å². The third-order valence-corrected chi connectivity index (χ3v) is 4.52. The molecule has 3 aromatic rings. The van der Waals surface area contributed by atoms with Gasteiger partial charge in [0.05, 0.1) is 18.5 Å². The van der Waals surface area contributed by atoms with Crippen molar-refractivity contribution in [2.24, 2.45) is 7.05 Å². The highest BCUT2D eigenvalue weighted by Crippen LogP contribution is 2.24. The topological polar surface area (TPSA) is 89.4 Å². The zero-order chi connectivity index (χ0) is 18.0. The zero-order valence-corrected chi connectivity index (χ0v) is 14.3. The van der Waals surface area contributed by atoms with Crippen LogP contribution in [0, 0.1) is 0 Å². The Morgan fingerprint density at radius 3 is 2.48 bits per heavy atom. The van der Waals surface area contributed by atoms with E-state index in [1.54, 1.807) is 49.0 Å². The summed E-state index contributed by atoms with van der Waals surface area (Å²) < 4.78 is 6.09. The van der Waals surface area contributed by atoms with E-state index in [0.717, 1.165) is 0 Å². The third kappa shape index (κ3) is 3.24. The number of carbonyl (C=O) groups is 2. The number of esters is 1. The van der Waals surface area contributed by atoms with Gasteiger partial charge in [0.25, 0.3) is 5.56 Å². The maximum Gasteiger partial charge on any atom is 0.350 e. The maximum atomic E-state index is 12.3. The predicted octanol–water partition coefficient (Wildman–Crippen LogP) is 3.03. The van der Waals surface area contributed by atoms with E-state index < -0.39 is 12.0 Å². The van der Waals surface area contributed by atoms with E-state index in [1.807, 2.05) is 0 Å². The highest BCUT2D eigenvalue weighted by atomic mass is 32.1. The van der Waals surface area contributed by atoms with Gasteiger partial charge in [-0.05, 0) is 17.5 Å². The summed E-state index contributed by atoms with van der Waals surface area (Å²) in [6, 6.07) is 8.12. The number of aryl methyl sites for hydroxylation is 1. The molecule has 0 aliphatic carbocycles. The number of urea groups is 1. The number of fused-ring (bicyclic) bond motifs is 1. The van der Waals surface area contributed by atoms with Gasteiger partial charge in [-0.25, -0.2) is 9.59 Å². The number of anilines is 2. The van der Waals surface area contributed by atoms with E-state index in [9.17, 15) is 14.4 Å². The molecule has 8 heteroatoms. The summed E-state index contributed by atoms with van der Waals surface area (Å²) in [5, 5.41) is 8.17. The van der Waals surface area contributed by atoms with Crippen molar-refractivity contribution in [3.05, 3.63) is 57.1 Å². The Kier molecular flexibility index (Phi) is 4.53. The lowest BCUT2D eigenvalue weighted by Crippen LogP contribution is -2.23. The first-order valence-corrected chi connectivity index (χ1v) is 8.21. The lowest BCUT2D eigenvalue weighted by molar-refractivity contribution is 0.0607. The fourth-order valence-electron chi connectivity index (χ4n) is 2.45. The van der Waals surface area contributed by atoms with E-state index in [-0.39, 0.29) is 5.56 Å². The van der Waals surface area contributed by atoms with E-state index in [2.05, 4.69) is 15.4 Å². The first-order valence-electron chi connectivity index (χ1n) is 7.33. The van der Waals surface area contributed by atoms with Crippen molar-refractivity contribution >= 4 is 45.5 Å². The van der Waals surface area contributed by atoms with Crippen molar-refractivity contribution in [1.29, 1.82) is 0 Å². The van der Waals surface area contributed by atoms with Crippen LogP contribution >= 0.6 is 11.3 Å². The molecule has 128 valence electrons. The number of pyridine rings is 1. The minimum absolute atomic E-state index is 0.146. The second-order valence-corrected chi connectivity index (χ2v) is 6.15. The molecule has 3 rings (SSSR count). The van der Waals surface area contributed by atoms with Crippen LogP contribution in [-0.4, -0.2) is 23.7 Å². The summed E-state index contributed by atoms with van der Waals surface area (Å²) in [7, 11) is 2.90. The fourth-order valence-corrected chi connectivity index (χ4v) is 3.22. The maximum absolute atomic E-state index is 12.3. The summed E-state index contributed by atoms with van der Waals surface area (Å²) in [5.41, 5.74) is 0.709. The Morgan fingerprint density at radius 2 is 1.76 bits per heavy atom. The summed E-state index contributed by atoms with van der Waals surface area (Å²) in [5.74, 6) is -0.516. The van der Waals surface area contributed by atoms with Crippen LogP contribution in [0.3, 0.4) is 0 Å². The molecule has 7 nitrogen and oxygen atoms in total. The normalized spacial score (nSPS) is 10.5. The van der Waals surface area contributed by atoms with Gasteiger partial charge in [-0.3, -0.25) is 4.79 Å². The molecule has 0 saturated heterocycles. The number of aromatic nitrogens is 1. The Bertz CT molecular complexity index is 1020. The molecule has 0 fully saturated rings. The molecule has 0 aliphatic heterocycles. The Labute approximate surface area is 146 Å². The Morgan fingerprint density at radius 1 is 1.08 bits per heavy atom. The summed E-state index contributed by atoms with van der Waals surface area (Å²) >= 11 is 1.17. The van der Waals surface area contributed by atoms with Crippen LogP contribution in [0.2, 0.25) is 0 Å². The fraction of sp³-hybridized carbons (Fsp3) is 0.118. The molecule has 0 bridgehead atoms. The molecule has 0 atom stereocenters. The first kappa shape index (κ1) is 16.7. The molecule has 1 aromatic carbocycles. The number of benzene rings is 1. The zero-order valence-electron chi connectivity index (χ0n) is 13.5. The van der Waals surface area contributed by atoms with Crippen LogP contribution in [0.15, 0.2) is 46.7 Å². The van der Waals surface area contributed by atoms with Gasteiger partial charge < -0.3 is 19.9 Å². The second-order valence-electron chi connectivity index (χ2n) is 5.24. The van der Waals surface area contributed by atoms with Crippen LogP contribution in [0.1, 0.15) is 9.67 Å². The Hall–Kier alpha value is -3.13. The minimum Gasteiger partial charge on any atom is -0.465 e. The number of hydrogen-bond donors (Lipinski definition) is 2. The summed E-state index contributed by atoms with van der Waals surface area (Å²) in [4.78, 5) is 36.5. The quantitative estimate of drug-likeness (QED) is 0.705. The second kappa shape index (κ2) is 6.78. The van der Waals surface area contributed by atoms with Gasteiger partial charge in [0.2, 0.25) is 0 Å². The minimum atomic E-state index is -0.521. The summed E-state index contributed by atoms with van der Waals surface area (Å²) in [6.07, 6.45) is 1.55. The smallest absolute Gasteiger partial charge is 0.350 e. The predicted molar refractivity (Wildman–Crippen MR) is 97.5 cm³/mol. The van der Waals surface area contributed by atoms with Gasteiger partial charge in [-0.2, -0.15) is 0 Å². The van der Waals surface area contributed by atoms with Gasteiger partial charge in [0.15, 0.2) is 0 Å². The molecule has 2 heterocycles. The SMILES string of the molecule is COC(=O)c1sccc1NC(=O)Nc1cn(C)c(=O)c2ccccc12. The first-order chi connectivity index (χ1) is 12.0. The molecule has 0 aliphatic rings.